The number of carbonyl (C=O) groups excluding carboxylic acids is 1. The van der Waals surface area contributed by atoms with E-state index in [0.717, 1.165) is 22.3 Å². The minimum Gasteiger partial charge on any atom is -0.332 e. The molecule has 0 radical (unpaired) electrons. The molecule has 124 valence electrons. The lowest BCUT2D eigenvalue weighted by molar-refractivity contribution is -0.115. The Hall–Kier alpha value is -2.34. The van der Waals surface area contributed by atoms with Crippen LogP contribution in [0.5, 0.6) is 0 Å². The summed E-state index contributed by atoms with van der Waals surface area (Å²) in [7, 11) is 0. The zero-order chi connectivity index (χ0) is 17.1. The van der Waals surface area contributed by atoms with Gasteiger partial charge in [-0.25, -0.2) is 9.97 Å². The molecule has 5 nitrogen and oxygen atoms in total. The fraction of sp³-hybridized carbons (Fsp3) is 0.278. The molecule has 0 unspecified atom stereocenters. The molecule has 0 aliphatic heterocycles. The standard InChI is InChI=1S/C18H20N4OS/c1-4-15(17(23)20-13-8-5-7-11(2)12(13)3)24-18-21-14-9-6-10-19-16(14)22-18/h5-10,15H,4H2,1-3H3,(H,20,23)(H,19,21,22)/t15-/m0/s1. The zero-order valence-electron chi connectivity index (χ0n) is 14.0. The number of amides is 1. The van der Waals surface area contributed by atoms with Crippen molar-refractivity contribution in [2.75, 3.05) is 5.32 Å². The second-order valence-corrected chi connectivity index (χ2v) is 6.86. The quantitative estimate of drug-likeness (QED) is 0.687. The average molecular weight is 340 g/mol. The third-order valence-electron chi connectivity index (χ3n) is 4.02. The number of nitrogens with one attached hydrogen (secondary N) is 2. The summed E-state index contributed by atoms with van der Waals surface area (Å²) >= 11 is 1.43. The Kier molecular flexibility index (Phi) is 4.85. The van der Waals surface area contributed by atoms with Crippen molar-refractivity contribution in [2.45, 2.75) is 37.6 Å². The fourth-order valence-electron chi connectivity index (χ4n) is 2.44. The van der Waals surface area contributed by atoms with Gasteiger partial charge < -0.3 is 10.3 Å². The smallest absolute Gasteiger partial charge is 0.237 e. The lowest BCUT2D eigenvalue weighted by atomic mass is 10.1. The molecule has 2 N–H and O–H groups in total. The highest BCUT2D eigenvalue weighted by Crippen LogP contribution is 2.26. The van der Waals surface area contributed by atoms with E-state index in [9.17, 15) is 4.79 Å². The Balaban J connectivity index is 1.75. The van der Waals surface area contributed by atoms with Gasteiger partial charge in [-0.05, 0) is 49.6 Å². The van der Waals surface area contributed by atoms with Crippen molar-refractivity contribution >= 4 is 34.5 Å². The normalized spacial score (nSPS) is 12.3. The van der Waals surface area contributed by atoms with Gasteiger partial charge in [-0.1, -0.05) is 30.8 Å². The summed E-state index contributed by atoms with van der Waals surface area (Å²) in [6, 6.07) is 9.72. The number of anilines is 1. The molecule has 2 heterocycles. The van der Waals surface area contributed by atoms with Crippen LogP contribution in [0, 0.1) is 13.8 Å². The number of aromatic nitrogens is 3. The summed E-state index contributed by atoms with van der Waals surface area (Å²) in [5, 5.41) is 3.54. The maximum absolute atomic E-state index is 12.6. The number of H-pyrrole nitrogens is 1. The van der Waals surface area contributed by atoms with Gasteiger partial charge in [0.25, 0.3) is 0 Å². The number of pyridine rings is 1. The maximum Gasteiger partial charge on any atom is 0.237 e. The topological polar surface area (TPSA) is 70.7 Å². The van der Waals surface area contributed by atoms with Crippen LogP contribution in [0.3, 0.4) is 0 Å². The van der Waals surface area contributed by atoms with Crippen LogP contribution in [-0.4, -0.2) is 26.1 Å². The van der Waals surface area contributed by atoms with Crippen molar-refractivity contribution in [2.24, 2.45) is 0 Å². The number of nitrogens with zero attached hydrogens (tertiary/aromatic N) is 2. The number of carbonyl (C=O) groups is 1. The van der Waals surface area contributed by atoms with E-state index in [2.05, 4.69) is 20.3 Å². The van der Waals surface area contributed by atoms with Crippen LogP contribution in [0.25, 0.3) is 11.2 Å². The SMILES string of the molecule is CC[C@H](Sc1nc2ncccc2[nH]1)C(=O)Nc1cccc(C)c1C. The molecule has 3 rings (SSSR count). The van der Waals surface area contributed by atoms with Crippen molar-refractivity contribution in [1.29, 1.82) is 0 Å². The minimum atomic E-state index is -0.217. The van der Waals surface area contributed by atoms with Gasteiger partial charge in [-0.15, -0.1) is 0 Å². The van der Waals surface area contributed by atoms with Crippen LogP contribution < -0.4 is 5.32 Å². The predicted molar refractivity (Wildman–Crippen MR) is 98.4 cm³/mol. The number of hydrogen-bond acceptors (Lipinski definition) is 4. The van der Waals surface area contributed by atoms with Crippen molar-refractivity contribution in [3.8, 4) is 0 Å². The van der Waals surface area contributed by atoms with Gasteiger partial charge in [-0.3, -0.25) is 4.79 Å². The number of aryl methyl sites for hydroxylation is 1. The van der Waals surface area contributed by atoms with Crippen molar-refractivity contribution in [3.05, 3.63) is 47.7 Å². The second kappa shape index (κ2) is 7.05. The van der Waals surface area contributed by atoms with Gasteiger partial charge in [0, 0.05) is 11.9 Å². The molecule has 3 aromatic rings. The maximum atomic E-state index is 12.6. The Labute approximate surface area is 145 Å². The highest BCUT2D eigenvalue weighted by atomic mass is 32.2. The molecule has 0 spiro atoms. The first kappa shape index (κ1) is 16.5. The number of rotatable bonds is 5. The first-order chi connectivity index (χ1) is 11.6. The molecule has 2 aromatic heterocycles. The lowest BCUT2D eigenvalue weighted by Gasteiger charge is -2.15. The Morgan fingerprint density at radius 2 is 2.12 bits per heavy atom. The Bertz CT molecular complexity index is 841. The van der Waals surface area contributed by atoms with Crippen LogP contribution in [-0.2, 0) is 4.79 Å². The van der Waals surface area contributed by atoms with Crippen LogP contribution in [0.1, 0.15) is 24.5 Å². The molecule has 6 heteroatoms. The van der Waals surface area contributed by atoms with Gasteiger partial charge in [-0.2, -0.15) is 0 Å². The van der Waals surface area contributed by atoms with E-state index in [0.29, 0.717) is 17.2 Å². The predicted octanol–water partition coefficient (Wildman–Crippen LogP) is 4.08. The highest BCUT2D eigenvalue weighted by Gasteiger charge is 2.20. The summed E-state index contributed by atoms with van der Waals surface area (Å²) < 4.78 is 0. The summed E-state index contributed by atoms with van der Waals surface area (Å²) in [5.74, 6) is -0.00962. The third kappa shape index (κ3) is 3.43. The molecular weight excluding hydrogens is 320 g/mol. The number of benzene rings is 1. The van der Waals surface area contributed by atoms with Crippen LogP contribution in [0.15, 0.2) is 41.7 Å². The van der Waals surface area contributed by atoms with Gasteiger partial charge >= 0.3 is 0 Å². The molecular formula is C18H20N4OS. The van der Waals surface area contributed by atoms with Crippen molar-refractivity contribution in [3.63, 3.8) is 0 Å². The van der Waals surface area contributed by atoms with Gasteiger partial charge in [0.05, 0.1) is 10.8 Å². The Morgan fingerprint density at radius 1 is 1.29 bits per heavy atom. The monoisotopic (exact) mass is 340 g/mol. The van der Waals surface area contributed by atoms with E-state index in [1.54, 1.807) is 6.20 Å². The van der Waals surface area contributed by atoms with E-state index in [4.69, 9.17) is 0 Å². The number of thioether (sulfide) groups is 1. The zero-order valence-corrected chi connectivity index (χ0v) is 14.8. The van der Waals surface area contributed by atoms with Crippen molar-refractivity contribution < 1.29 is 4.79 Å². The number of hydrogen-bond donors (Lipinski definition) is 2. The first-order valence-corrected chi connectivity index (χ1v) is 8.81. The van der Waals surface area contributed by atoms with Gasteiger partial charge in [0.2, 0.25) is 5.91 Å². The summed E-state index contributed by atoms with van der Waals surface area (Å²) in [4.78, 5) is 24.5. The van der Waals surface area contributed by atoms with Crippen LogP contribution in [0.2, 0.25) is 0 Å². The molecule has 0 saturated heterocycles. The number of fused-ring (bicyclic) bond motifs is 1. The third-order valence-corrected chi connectivity index (χ3v) is 5.26. The summed E-state index contributed by atoms with van der Waals surface area (Å²) in [5.41, 5.74) is 4.68. The van der Waals surface area contributed by atoms with E-state index >= 15 is 0 Å². The van der Waals surface area contributed by atoms with Crippen LogP contribution >= 0.6 is 11.8 Å². The summed E-state index contributed by atoms with van der Waals surface area (Å²) in [6.45, 7) is 6.06. The van der Waals surface area contributed by atoms with Crippen LogP contribution in [0.4, 0.5) is 5.69 Å². The minimum absolute atomic E-state index is 0.00962. The molecule has 0 fully saturated rings. The molecule has 24 heavy (non-hydrogen) atoms. The van der Waals surface area contributed by atoms with E-state index in [1.807, 2.05) is 51.1 Å². The molecule has 0 bridgehead atoms. The summed E-state index contributed by atoms with van der Waals surface area (Å²) in [6.07, 6.45) is 2.42. The molecule has 0 saturated carbocycles. The Morgan fingerprint density at radius 3 is 2.88 bits per heavy atom. The highest BCUT2D eigenvalue weighted by molar-refractivity contribution is 8.00. The molecule has 1 amide bonds. The average Bonchev–Trinajstić information content (AvgIpc) is 2.99. The molecule has 0 aliphatic carbocycles. The number of aromatic amines is 1. The van der Waals surface area contributed by atoms with E-state index in [1.165, 1.54) is 11.8 Å². The van der Waals surface area contributed by atoms with Gasteiger partial charge in [0.15, 0.2) is 10.8 Å². The second-order valence-electron chi connectivity index (χ2n) is 5.67. The fourth-order valence-corrected chi connectivity index (χ4v) is 3.35. The van der Waals surface area contributed by atoms with Gasteiger partial charge in [0.1, 0.15) is 0 Å². The first-order valence-electron chi connectivity index (χ1n) is 7.93. The number of imidazole rings is 1. The lowest BCUT2D eigenvalue weighted by Crippen LogP contribution is -2.25. The largest absolute Gasteiger partial charge is 0.332 e. The van der Waals surface area contributed by atoms with Crippen molar-refractivity contribution in [1.82, 2.24) is 15.0 Å². The molecule has 0 aliphatic rings. The molecule has 1 aromatic carbocycles. The molecule has 1 atom stereocenters. The van der Waals surface area contributed by atoms with E-state index < -0.39 is 0 Å². The van der Waals surface area contributed by atoms with E-state index in [-0.39, 0.29) is 11.2 Å².